The maximum absolute atomic E-state index is 4.38. The molecular weight excluding hydrogens is 260 g/mol. The molecule has 0 fully saturated rings. The summed E-state index contributed by atoms with van der Waals surface area (Å²) in [6, 6.07) is 2.13. The summed E-state index contributed by atoms with van der Waals surface area (Å²) in [5.74, 6) is 0. The highest BCUT2D eigenvalue weighted by Gasteiger charge is 2.15. The average molecular weight is 271 g/mol. The van der Waals surface area contributed by atoms with E-state index in [4.69, 9.17) is 0 Å². The zero-order valence-corrected chi connectivity index (χ0v) is 10.7. The van der Waals surface area contributed by atoms with Gasteiger partial charge in [0, 0.05) is 7.05 Å². The van der Waals surface area contributed by atoms with Crippen LogP contribution >= 0.6 is 27.3 Å². The van der Waals surface area contributed by atoms with Gasteiger partial charge in [-0.25, -0.2) is 0 Å². The van der Waals surface area contributed by atoms with Crippen LogP contribution in [0.15, 0.2) is 15.9 Å². The summed E-state index contributed by atoms with van der Waals surface area (Å²) >= 11 is 5.33. The normalized spacial score (nSPS) is 10.9. The highest BCUT2D eigenvalue weighted by molar-refractivity contribution is 9.10. The summed E-state index contributed by atoms with van der Waals surface area (Å²) in [5.41, 5.74) is 3.52. The molecule has 0 radical (unpaired) electrons. The van der Waals surface area contributed by atoms with Crippen molar-refractivity contribution < 1.29 is 0 Å². The molecule has 2 heterocycles. The van der Waals surface area contributed by atoms with Crippen molar-refractivity contribution >= 4 is 27.3 Å². The third-order valence-electron chi connectivity index (χ3n) is 2.23. The van der Waals surface area contributed by atoms with Gasteiger partial charge < -0.3 is 0 Å². The minimum absolute atomic E-state index is 1.04. The molecule has 0 bridgehead atoms. The van der Waals surface area contributed by atoms with E-state index in [1.807, 2.05) is 18.7 Å². The Bertz CT molecular complexity index is 470. The lowest BCUT2D eigenvalue weighted by Crippen LogP contribution is -1.93. The summed E-state index contributed by atoms with van der Waals surface area (Å²) in [7, 11) is 1.98. The molecule has 0 spiro atoms. The fraction of sp³-hybridized carbons (Fsp3) is 0.300. The van der Waals surface area contributed by atoms with Crippen LogP contribution in [0.4, 0.5) is 0 Å². The van der Waals surface area contributed by atoms with Crippen LogP contribution in [0, 0.1) is 13.8 Å². The van der Waals surface area contributed by atoms with Crippen LogP contribution in [0.3, 0.4) is 0 Å². The Labute approximate surface area is 95.7 Å². The molecule has 74 valence electrons. The van der Waals surface area contributed by atoms with Crippen molar-refractivity contribution in [2.24, 2.45) is 7.05 Å². The summed E-state index contributed by atoms with van der Waals surface area (Å²) in [4.78, 5) is 1.29. The topological polar surface area (TPSA) is 17.8 Å². The first kappa shape index (κ1) is 9.93. The second-order valence-electron chi connectivity index (χ2n) is 3.30. The first-order valence-electron chi connectivity index (χ1n) is 4.35. The minimum atomic E-state index is 1.04. The van der Waals surface area contributed by atoms with Crippen molar-refractivity contribution in [1.29, 1.82) is 0 Å². The zero-order chi connectivity index (χ0) is 10.3. The monoisotopic (exact) mass is 270 g/mol. The molecule has 0 amide bonds. The number of aryl methyl sites for hydroxylation is 3. The molecule has 2 rings (SSSR count). The van der Waals surface area contributed by atoms with Gasteiger partial charge in [0.1, 0.15) is 0 Å². The van der Waals surface area contributed by atoms with Crippen molar-refractivity contribution in [2.75, 3.05) is 0 Å². The Morgan fingerprint density at radius 2 is 2.14 bits per heavy atom. The molecule has 14 heavy (non-hydrogen) atoms. The lowest BCUT2D eigenvalue weighted by Gasteiger charge is -2.01. The van der Waals surface area contributed by atoms with E-state index in [1.165, 1.54) is 16.1 Å². The summed E-state index contributed by atoms with van der Waals surface area (Å²) in [6.45, 7) is 4.14. The van der Waals surface area contributed by atoms with Crippen molar-refractivity contribution in [3.63, 3.8) is 0 Å². The van der Waals surface area contributed by atoms with Gasteiger partial charge in [-0.1, -0.05) is 0 Å². The molecule has 0 aliphatic heterocycles. The van der Waals surface area contributed by atoms with E-state index in [2.05, 4.69) is 39.4 Å². The third-order valence-corrected chi connectivity index (χ3v) is 4.20. The smallest absolute Gasteiger partial charge is 0.0926 e. The molecular formula is C10H11BrN2S. The van der Waals surface area contributed by atoms with E-state index in [1.54, 1.807) is 11.3 Å². The van der Waals surface area contributed by atoms with Crippen LogP contribution in [0.25, 0.3) is 10.6 Å². The zero-order valence-electron chi connectivity index (χ0n) is 8.34. The van der Waals surface area contributed by atoms with Gasteiger partial charge in [-0.05, 0) is 46.8 Å². The van der Waals surface area contributed by atoms with E-state index >= 15 is 0 Å². The highest BCUT2D eigenvalue weighted by atomic mass is 79.9. The maximum Gasteiger partial charge on any atom is 0.0926 e. The first-order valence-corrected chi connectivity index (χ1v) is 6.02. The van der Waals surface area contributed by atoms with Gasteiger partial charge in [-0.2, -0.15) is 5.10 Å². The van der Waals surface area contributed by atoms with Crippen molar-refractivity contribution in [3.8, 4) is 10.6 Å². The van der Waals surface area contributed by atoms with Gasteiger partial charge in [0.05, 0.1) is 20.7 Å². The molecule has 0 saturated heterocycles. The largest absolute Gasteiger partial charge is 0.266 e. The standard InChI is InChI=1S/C10H11BrN2S/c1-6-4-5-14-10(6)9-8(11)7(2)12-13(9)3/h4-5H,1-3H3. The van der Waals surface area contributed by atoms with Gasteiger partial charge in [-0.3, -0.25) is 4.68 Å². The number of halogens is 1. The van der Waals surface area contributed by atoms with Gasteiger partial charge >= 0.3 is 0 Å². The molecule has 0 aliphatic carbocycles. The minimum Gasteiger partial charge on any atom is -0.266 e. The van der Waals surface area contributed by atoms with Crippen LogP contribution in [0.5, 0.6) is 0 Å². The van der Waals surface area contributed by atoms with Gasteiger partial charge in [-0.15, -0.1) is 11.3 Å². The number of aromatic nitrogens is 2. The number of hydrogen-bond acceptors (Lipinski definition) is 2. The van der Waals surface area contributed by atoms with Crippen molar-refractivity contribution in [1.82, 2.24) is 9.78 Å². The molecule has 2 aromatic rings. The SMILES string of the molecule is Cc1ccsc1-c1c(Br)c(C)nn1C. The molecule has 0 unspecified atom stereocenters. The molecule has 0 saturated carbocycles. The molecule has 0 N–H and O–H groups in total. The second kappa shape index (κ2) is 3.51. The molecule has 0 aliphatic rings. The quantitative estimate of drug-likeness (QED) is 0.775. The predicted molar refractivity (Wildman–Crippen MR) is 63.7 cm³/mol. The highest BCUT2D eigenvalue weighted by Crippen LogP contribution is 2.35. The number of rotatable bonds is 1. The van der Waals surface area contributed by atoms with Crippen LogP contribution < -0.4 is 0 Å². The number of hydrogen-bond donors (Lipinski definition) is 0. The van der Waals surface area contributed by atoms with Crippen LogP contribution in [0.2, 0.25) is 0 Å². The van der Waals surface area contributed by atoms with Crippen LogP contribution in [-0.4, -0.2) is 9.78 Å². The summed E-state index contributed by atoms with van der Waals surface area (Å²) in [5, 5.41) is 6.49. The van der Waals surface area contributed by atoms with E-state index < -0.39 is 0 Å². The molecule has 0 aromatic carbocycles. The number of thiophene rings is 1. The first-order chi connectivity index (χ1) is 6.61. The van der Waals surface area contributed by atoms with Crippen LogP contribution in [-0.2, 0) is 7.05 Å². The Balaban J connectivity index is 2.68. The van der Waals surface area contributed by atoms with Gasteiger partial charge in [0.25, 0.3) is 0 Å². The van der Waals surface area contributed by atoms with Gasteiger partial charge in [0.2, 0.25) is 0 Å². The van der Waals surface area contributed by atoms with Gasteiger partial charge in [0.15, 0.2) is 0 Å². The predicted octanol–water partition coefficient (Wildman–Crippen LogP) is 3.53. The molecule has 2 aromatic heterocycles. The fourth-order valence-electron chi connectivity index (χ4n) is 1.49. The molecule has 0 atom stereocenters. The Morgan fingerprint density at radius 1 is 1.43 bits per heavy atom. The summed E-state index contributed by atoms with van der Waals surface area (Å²) in [6.07, 6.45) is 0. The van der Waals surface area contributed by atoms with E-state index in [9.17, 15) is 0 Å². The van der Waals surface area contributed by atoms with E-state index in [-0.39, 0.29) is 0 Å². The Kier molecular flexibility index (Phi) is 2.49. The lowest BCUT2D eigenvalue weighted by molar-refractivity contribution is 0.765. The fourth-order valence-corrected chi connectivity index (χ4v) is 3.17. The molecule has 4 heteroatoms. The van der Waals surface area contributed by atoms with Crippen molar-refractivity contribution in [3.05, 3.63) is 27.2 Å². The number of nitrogens with zero attached hydrogens (tertiary/aromatic N) is 2. The van der Waals surface area contributed by atoms with Crippen LogP contribution in [0.1, 0.15) is 11.3 Å². The van der Waals surface area contributed by atoms with E-state index in [0.29, 0.717) is 0 Å². The average Bonchev–Trinajstić information content (AvgIpc) is 2.60. The Hall–Kier alpha value is -0.610. The maximum atomic E-state index is 4.38. The Morgan fingerprint density at radius 3 is 2.57 bits per heavy atom. The third kappa shape index (κ3) is 1.42. The van der Waals surface area contributed by atoms with E-state index in [0.717, 1.165) is 10.2 Å². The van der Waals surface area contributed by atoms with Crippen molar-refractivity contribution in [2.45, 2.75) is 13.8 Å². The summed E-state index contributed by atoms with van der Waals surface area (Å²) < 4.78 is 3.03. The molecule has 2 nitrogen and oxygen atoms in total. The lowest BCUT2D eigenvalue weighted by atomic mass is 10.2. The second-order valence-corrected chi connectivity index (χ2v) is 5.01.